The van der Waals surface area contributed by atoms with Crippen LogP contribution in [0.4, 0.5) is 0 Å². The summed E-state index contributed by atoms with van der Waals surface area (Å²) in [4.78, 5) is 3.83. The first-order valence-corrected chi connectivity index (χ1v) is 7.94. The van der Waals surface area contributed by atoms with E-state index in [1.54, 1.807) is 0 Å². The summed E-state index contributed by atoms with van der Waals surface area (Å²) in [5.74, 6) is 0. The van der Waals surface area contributed by atoms with Crippen molar-refractivity contribution in [3.8, 4) is 0 Å². The molecule has 0 aliphatic rings. The Hall–Kier alpha value is 0.620. The van der Waals surface area contributed by atoms with Crippen LogP contribution in [0, 0.1) is 0 Å². The molecule has 0 aliphatic carbocycles. The fourth-order valence-electron chi connectivity index (χ4n) is 1.43. The van der Waals surface area contributed by atoms with Crippen LogP contribution in [-0.4, -0.2) is 23.8 Å². The van der Waals surface area contributed by atoms with Gasteiger partial charge in [0.05, 0.1) is 3.79 Å². The average Bonchev–Trinajstić information content (AvgIpc) is 2.59. The third-order valence-electron chi connectivity index (χ3n) is 2.23. The van der Waals surface area contributed by atoms with Gasteiger partial charge in [0.15, 0.2) is 0 Å². The van der Waals surface area contributed by atoms with Crippen molar-refractivity contribution in [3.05, 3.63) is 20.8 Å². The van der Waals surface area contributed by atoms with E-state index >= 15 is 0 Å². The number of unbranched alkanes of at least 4 members (excludes halogenated alkanes) is 2. The molecule has 1 nitrogen and oxygen atoms in total. The molecule has 0 bridgehead atoms. The fraction of sp³-hybridized carbons (Fsp3) is 0.636. The van der Waals surface area contributed by atoms with Gasteiger partial charge in [-0.05, 0) is 54.5 Å². The summed E-state index contributed by atoms with van der Waals surface area (Å²) in [5, 5.41) is 1.13. The van der Waals surface area contributed by atoms with Crippen LogP contribution in [0.3, 0.4) is 0 Å². The second kappa shape index (κ2) is 7.82. The Balaban J connectivity index is 2.15. The first-order valence-electron chi connectivity index (χ1n) is 5.21. The summed E-state index contributed by atoms with van der Waals surface area (Å²) < 4.78 is 1.23. The summed E-state index contributed by atoms with van der Waals surface area (Å²) in [6, 6.07) is 4.32. The molecule has 15 heavy (non-hydrogen) atoms. The van der Waals surface area contributed by atoms with Gasteiger partial charge in [0.2, 0.25) is 0 Å². The van der Waals surface area contributed by atoms with Crippen molar-refractivity contribution in [2.24, 2.45) is 0 Å². The van der Waals surface area contributed by atoms with Crippen molar-refractivity contribution < 1.29 is 0 Å². The number of hydrogen-bond donors (Lipinski definition) is 0. The highest BCUT2D eigenvalue weighted by molar-refractivity contribution is 9.11. The molecular weight excluding hydrogens is 338 g/mol. The fourth-order valence-corrected chi connectivity index (χ4v) is 3.39. The zero-order valence-electron chi connectivity index (χ0n) is 9.01. The standard InChI is InChI=1S/C11H17Br2NS/c1-14(8-4-2-3-7-12)9-10-5-6-11(13)15-10/h5-6H,2-4,7-9H2,1H3. The summed E-state index contributed by atoms with van der Waals surface area (Å²) >= 11 is 8.77. The van der Waals surface area contributed by atoms with Crippen molar-refractivity contribution >= 4 is 43.2 Å². The molecule has 1 aromatic rings. The second-order valence-electron chi connectivity index (χ2n) is 3.69. The van der Waals surface area contributed by atoms with Crippen LogP contribution < -0.4 is 0 Å². The van der Waals surface area contributed by atoms with Gasteiger partial charge in [0.25, 0.3) is 0 Å². The smallest absolute Gasteiger partial charge is 0.0701 e. The summed E-state index contributed by atoms with van der Waals surface area (Å²) in [5.41, 5.74) is 0. The number of halogens is 2. The molecule has 1 heterocycles. The van der Waals surface area contributed by atoms with Crippen LogP contribution in [-0.2, 0) is 6.54 Å². The SMILES string of the molecule is CN(CCCCCBr)Cc1ccc(Br)s1. The van der Waals surface area contributed by atoms with Gasteiger partial charge in [0, 0.05) is 16.8 Å². The van der Waals surface area contributed by atoms with E-state index in [0.717, 1.165) is 11.9 Å². The number of alkyl halides is 1. The van der Waals surface area contributed by atoms with E-state index in [2.05, 4.69) is 55.9 Å². The molecule has 0 atom stereocenters. The zero-order chi connectivity index (χ0) is 11.1. The van der Waals surface area contributed by atoms with Crippen molar-refractivity contribution in [2.45, 2.75) is 25.8 Å². The Morgan fingerprint density at radius 3 is 2.67 bits per heavy atom. The Bertz CT molecular complexity index is 275. The monoisotopic (exact) mass is 353 g/mol. The number of rotatable bonds is 7. The van der Waals surface area contributed by atoms with Crippen LogP contribution >= 0.6 is 43.2 Å². The lowest BCUT2D eigenvalue weighted by Gasteiger charge is -2.14. The second-order valence-corrected chi connectivity index (χ2v) is 7.03. The third kappa shape index (κ3) is 6.05. The topological polar surface area (TPSA) is 3.24 Å². The molecule has 1 aromatic heterocycles. The normalized spacial score (nSPS) is 11.2. The number of hydrogen-bond acceptors (Lipinski definition) is 2. The minimum atomic E-state index is 1.07. The van der Waals surface area contributed by atoms with Crippen LogP contribution in [0.5, 0.6) is 0 Å². The van der Waals surface area contributed by atoms with Gasteiger partial charge >= 0.3 is 0 Å². The van der Waals surface area contributed by atoms with Gasteiger partial charge < -0.3 is 4.90 Å². The molecule has 0 fully saturated rings. The minimum absolute atomic E-state index is 1.07. The molecule has 0 aromatic carbocycles. The van der Waals surface area contributed by atoms with E-state index in [1.165, 1.54) is 34.5 Å². The predicted octanol–water partition coefficient (Wildman–Crippen LogP) is 4.51. The van der Waals surface area contributed by atoms with Crippen molar-refractivity contribution in [1.82, 2.24) is 4.90 Å². The molecule has 86 valence electrons. The maximum Gasteiger partial charge on any atom is 0.0701 e. The molecule has 0 saturated heterocycles. The molecule has 1 rings (SSSR count). The van der Waals surface area contributed by atoms with Crippen molar-refractivity contribution in [3.63, 3.8) is 0 Å². The quantitative estimate of drug-likeness (QED) is 0.514. The van der Waals surface area contributed by atoms with E-state index < -0.39 is 0 Å². The Kier molecular flexibility index (Phi) is 7.14. The van der Waals surface area contributed by atoms with E-state index in [1.807, 2.05) is 11.3 Å². The van der Waals surface area contributed by atoms with E-state index in [0.29, 0.717) is 0 Å². The molecule has 0 unspecified atom stereocenters. The van der Waals surface area contributed by atoms with E-state index in [4.69, 9.17) is 0 Å². The summed E-state index contributed by atoms with van der Waals surface area (Å²) in [6.07, 6.45) is 3.91. The average molecular weight is 355 g/mol. The zero-order valence-corrected chi connectivity index (χ0v) is 13.0. The Morgan fingerprint density at radius 1 is 1.27 bits per heavy atom. The van der Waals surface area contributed by atoms with Gasteiger partial charge in [-0.1, -0.05) is 22.4 Å². The lowest BCUT2D eigenvalue weighted by Crippen LogP contribution is -2.18. The van der Waals surface area contributed by atoms with Crippen LogP contribution in [0.2, 0.25) is 0 Å². The van der Waals surface area contributed by atoms with Gasteiger partial charge in [-0.3, -0.25) is 0 Å². The third-order valence-corrected chi connectivity index (χ3v) is 4.40. The highest BCUT2D eigenvalue weighted by Crippen LogP contribution is 2.22. The Morgan fingerprint density at radius 2 is 2.07 bits per heavy atom. The molecule has 0 aliphatic heterocycles. The van der Waals surface area contributed by atoms with Gasteiger partial charge in [-0.15, -0.1) is 11.3 Å². The van der Waals surface area contributed by atoms with Crippen LogP contribution in [0.15, 0.2) is 15.9 Å². The summed E-state index contributed by atoms with van der Waals surface area (Å²) in [7, 11) is 2.20. The molecule has 0 radical (unpaired) electrons. The van der Waals surface area contributed by atoms with Crippen LogP contribution in [0.1, 0.15) is 24.1 Å². The molecule has 0 N–H and O–H groups in total. The Labute approximate surface area is 113 Å². The van der Waals surface area contributed by atoms with Gasteiger partial charge in [-0.2, -0.15) is 0 Å². The van der Waals surface area contributed by atoms with Crippen molar-refractivity contribution in [2.75, 3.05) is 18.9 Å². The van der Waals surface area contributed by atoms with Crippen LogP contribution in [0.25, 0.3) is 0 Å². The van der Waals surface area contributed by atoms with E-state index in [-0.39, 0.29) is 0 Å². The first kappa shape index (κ1) is 13.7. The molecule has 0 saturated carbocycles. The maximum absolute atomic E-state index is 3.49. The number of nitrogens with zero attached hydrogens (tertiary/aromatic N) is 1. The molecule has 4 heteroatoms. The first-order chi connectivity index (χ1) is 7.22. The lowest BCUT2D eigenvalue weighted by atomic mass is 10.2. The lowest BCUT2D eigenvalue weighted by molar-refractivity contribution is 0.321. The molecular formula is C11H17Br2NS. The summed E-state index contributed by atoms with van der Waals surface area (Å²) in [6.45, 7) is 2.27. The van der Waals surface area contributed by atoms with Gasteiger partial charge in [0.1, 0.15) is 0 Å². The highest BCUT2D eigenvalue weighted by Gasteiger charge is 2.02. The largest absolute Gasteiger partial charge is 0.301 e. The molecule has 0 spiro atoms. The molecule has 0 amide bonds. The minimum Gasteiger partial charge on any atom is -0.301 e. The van der Waals surface area contributed by atoms with E-state index in [9.17, 15) is 0 Å². The highest BCUT2D eigenvalue weighted by atomic mass is 79.9. The maximum atomic E-state index is 3.49. The van der Waals surface area contributed by atoms with Crippen molar-refractivity contribution in [1.29, 1.82) is 0 Å². The van der Waals surface area contributed by atoms with Gasteiger partial charge in [-0.25, -0.2) is 0 Å². The predicted molar refractivity (Wildman–Crippen MR) is 76.0 cm³/mol. The number of thiophene rings is 1.